The van der Waals surface area contributed by atoms with E-state index in [2.05, 4.69) is 23.0 Å². The molecule has 0 heterocycles. The van der Waals surface area contributed by atoms with E-state index in [1.54, 1.807) is 7.11 Å². The van der Waals surface area contributed by atoms with E-state index >= 15 is 0 Å². The molecule has 1 unspecified atom stereocenters. The summed E-state index contributed by atoms with van der Waals surface area (Å²) in [7, 11) is 1.65. The van der Waals surface area contributed by atoms with Crippen molar-refractivity contribution in [2.24, 2.45) is 10.8 Å². The molecule has 0 aliphatic rings. The molecule has 0 aliphatic heterocycles. The van der Waals surface area contributed by atoms with Crippen molar-refractivity contribution in [3.63, 3.8) is 0 Å². The van der Waals surface area contributed by atoms with Crippen molar-refractivity contribution in [1.29, 1.82) is 0 Å². The van der Waals surface area contributed by atoms with Crippen molar-refractivity contribution in [3.05, 3.63) is 39.8 Å². The van der Waals surface area contributed by atoms with Gasteiger partial charge in [0.25, 0.3) is 0 Å². The lowest BCUT2D eigenvalue weighted by atomic mass is 9.90. The third kappa shape index (κ3) is 3.65. The highest BCUT2D eigenvalue weighted by atomic mass is 16.5. The molecule has 2 N–H and O–H groups in total. The molecular formula is C13H20N4O. The average molecular weight is 248 g/mol. The van der Waals surface area contributed by atoms with Gasteiger partial charge in [0.2, 0.25) is 0 Å². The van der Waals surface area contributed by atoms with Crippen LogP contribution in [0, 0.1) is 0 Å². The third-order valence-electron chi connectivity index (χ3n) is 3.10. The molecule has 0 amide bonds. The molecule has 5 heteroatoms. The van der Waals surface area contributed by atoms with Crippen LogP contribution in [0.2, 0.25) is 0 Å². The first-order valence-corrected chi connectivity index (χ1v) is 6.14. The summed E-state index contributed by atoms with van der Waals surface area (Å²) < 4.78 is 5.25. The number of aryl methyl sites for hydroxylation is 1. The molecule has 0 saturated heterocycles. The lowest BCUT2D eigenvalue weighted by Crippen LogP contribution is -2.15. The van der Waals surface area contributed by atoms with E-state index in [0.717, 1.165) is 18.6 Å². The van der Waals surface area contributed by atoms with Gasteiger partial charge in [0.1, 0.15) is 5.75 Å². The number of rotatable bonds is 7. The molecule has 0 radical (unpaired) electrons. The second-order valence-electron chi connectivity index (χ2n) is 4.09. The van der Waals surface area contributed by atoms with Crippen LogP contribution in [0.25, 0.3) is 10.4 Å². The Bertz CT molecular complexity index is 427. The zero-order valence-electron chi connectivity index (χ0n) is 11.0. The Kier molecular flexibility index (Phi) is 6.05. The number of nitrogens with two attached hydrogens (primary N) is 1. The Morgan fingerprint density at radius 3 is 2.83 bits per heavy atom. The fourth-order valence-electron chi connectivity index (χ4n) is 2.06. The average Bonchev–Trinajstić information content (AvgIpc) is 2.43. The number of nitrogens with zero attached hydrogens (tertiary/aromatic N) is 3. The number of hydrogen-bond acceptors (Lipinski definition) is 3. The van der Waals surface area contributed by atoms with Gasteiger partial charge < -0.3 is 10.5 Å². The van der Waals surface area contributed by atoms with Gasteiger partial charge in [-0.2, -0.15) is 0 Å². The maximum atomic E-state index is 8.31. The Morgan fingerprint density at radius 2 is 2.28 bits per heavy atom. The first-order valence-electron chi connectivity index (χ1n) is 6.14. The maximum absolute atomic E-state index is 8.31. The molecule has 1 rings (SSSR count). The molecule has 1 aromatic rings. The van der Waals surface area contributed by atoms with E-state index in [1.165, 1.54) is 11.1 Å². The second-order valence-corrected chi connectivity index (χ2v) is 4.09. The monoisotopic (exact) mass is 248 g/mol. The fraction of sp³-hybridized carbons (Fsp3) is 0.538. The minimum Gasteiger partial charge on any atom is -0.497 e. The highest BCUT2D eigenvalue weighted by molar-refractivity contribution is 5.38. The van der Waals surface area contributed by atoms with E-state index < -0.39 is 0 Å². The predicted octanol–water partition coefficient (Wildman–Crippen LogP) is 3.00. The molecule has 18 heavy (non-hydrogen) atoms. The van der Waals surface area contributed by atoms with Gasteiger partial charge in [0, 0.05) is 11.5 Å². The summed E-state index contributed by atoms with van der Waals surface area (Å²) in [6.45, 7) is 3.13. The molecule has 0 saturated carbocycles. The summed E-state index contributed by atoms with van der Waals surface area (Å²) in [5.41, 5.74) is 16.6. The molecule has 0 spiro atoms. The SMILES string of the molecule is CCc1ccc(OC)cc1C(CN)CCN=[N+]=[N-]. The number of benzene rings is 1. The first kappa shape index (κ1) is 14.4. The molecule has 1 aromatic carbocycles. The topological polar surface area (TPSA) is 84.0 Å². The van der Waals surface area contributed by atoms with Crippen LogP contribution in [0.5, 0.6) is 5.75 Å². The minimum atomic E-state index is 0.209. The molecule has 1 atom stereocenters. The van der Waals surface area contributed by atoms with Crippen LogP contribution in [0.3, 0.4) is 0 Å². The van der Waals surface area contributed by atoms with Gasteiger partial charge in [-0.25, -0.2) is 0 Å². The van der Waals surface area contributed by atoms with Gasteiger partial charge in [-0.05, 0) is 54.1 Å². The van der Waals surface area contributed by atoms with Gasteiger partial charge in [-0.1, -0.05) is 18.1 Å². The summed E-state index contributed by atoms with van der Waals surface area (Å²) in [6, 6.07) is 6.07. The van der Waals surface area contributed by atoms with Crippen LogP contribution in [-0.2, 0) is 6.42 Å². The van der Waals surface area contributed by atoms with Crippen LogP contribution in [-0.4, -0.2) is 20.2 Å². The number of methoxy groups -OCH3 is 1. The largest absolute Gasteiger partial charge is 0.497 e. The van der Waals surface area contributed by atoms with E-state index in [4.69, 9.17) is 16.0 Å². The number of ether oxygens (including phenoxy) is 1. The Morgan fingerprint density at radius 1 is 1.50 bits per heavy atom. The first-order chi connectivity index (χ1) is 8.76. The smallest absolute Gasteiger partial charge is 0.119 e. The highest BCUT2D eigenvalue weighted by Crippen LogP contribution is 2.27. The number of azide groups is 1. The lowest BCUT2D eigenvalue weighted by molar-refractivity contribution is 0.413. The van der Waals surface area contributed by atoms with Gasteiger partial charge >= 0.3 is 0 Å². The molecule has 0 aromatic heterocycles. The summed E-state index contributed by atoms with van der Waals surface area (Å²) in [4.78, 5) is 2.77. The molecule has 0 fully saturated rings. The highest BCUT2D eigenvalue weighted by Gasteiger charge is 2.13. The van der Waals surface area contributed by atoms with E-state index in [9.17, 15) is 0 Å². The minimum absolute atomic E-state index is 0.209. The predicted molar refractivity (Wildman–Crippen MR) is 72.8 cm³/mol. The Hall–Kier alpha value is -1.71. The molecular weight excluding hydrogens is 228 g/mol. The molecule has 0 bridgehead atoms. The fourth-order valence-corrected chi connectivity index (χ4v) is 2.06. The van der Waals surface area contributed by atoms with Crippen molar-refractivity contribution in [2.45, 2.75) is 25.7 Å². The van der Waals surface area contributed by atoms with Gasteiger partial charge in [0.05, 0.1) is 7.11 Å². The third-order valence-corrected chi connectivity index (χ3v) is 3.10. The van der Waals surface area contributed by atoms with E-state index in [0.29, 0.717) is 13.1 Å². The Balaban J connectivity index is 2.97. The zero-order valence-corrected chi connectivity index (χ0v) is 11.0. The van der Waals surface area contributed by atoms with Crippen molar-refractivity contribution in [2.75, 3.05) is 20.2 Å². The Labute approximate surface area is 108 Å². The summed E-state index contributed by atoms with van der Waals surface area (Å²) in [5.74, 6) is 1.05. The van der Waals surface area contributed by atoms with Crippen LogP contribution in [0.4, 0.5) is 0 Å². The van der Waals surface area contributed by atoms with Gasteiger partial charge in [-0.3, -0.25) is 0 Å². The summed E-state index contributed by atoms with van der Waals surface area (Å²) in [6.07, 6.45) is 1.72. The quantitative estimate of drug-likeness (QED) is 0.457. The molecule has 0 aliphatic carbocycles. The summed E-state index contributed by atoms with van der Waals surface area (Å²) >= 11 is 0. The molecule has 5 nitrogen and oxygen atoms in total. The van der Waals surface area contributed by atoms with Crippen LogP contribution in [0.1, 0.15) is 30.4 Å². The van der Waals surface area contributed by atoms with E-state index in [-0.39, 0.29) is 5.92 Å². The van der Waals surface area contributed by atoms with Crippen molar-refractivity contribution in [1.82, 2.24) is 0 Å². The standard InChI is InChI=1S/C13H20N4O/c1-3-10-4-5-12(18-2)8-13(10)11(9-14)6-7-16-17-15/h4-5,8,11H,3,6-7,9,14H2,1-2H3. The normalized spacial score (nSPS) is 11.7. The van der Waals surface area contributed by atoms with Gasteiger partial charge in [-0.15, -0.1) is 0 Å². The van der Waals surface area contributed by atoms with Gasteiger partial charge in [0.15, 0.2) is 0 Å². The lowest BCUT2D eigenvalue weighted by Gasteiger charge is -2.18. The van der Waals surface area contributed by atoms with Crippen LogP contribution in [0.15, 0.2) is 23.3 Å². The van der Waals surface area contributed by atoms with E-state index in [1.807, 2.05) is 12.1 Å². The van der Waals surface area contributed by atoms with Crippen molar-refractivity contribution >= 4 is 0 Å². The maximum Gasteiger partial charge on any atom is 0.119 e. The van der Waals surface area contributed by atoms with Crippen LogP contribution >= 0.6 is 0 Å². The number of hydrogen-bond donors (Lipinski definition) is 1. The second kappa shape index (κ2) is 7.58. The van der Waals surface area contributed by atoms with Crippen LogP contribution < -0.4 is 10.5 Å². The molecule has 98 valence electrons. The van der Waals surface area contributed by atoms with Crippen molar-refractivity contribution < 1.29 is 4.74 Å². The van der Waals surface area contributed by atoms with Crippen molar-refractivity contribution in [3.8, 4) is 5.75 Å². The summed E-state index contributed by atoms with van der Waals surface area (Å²) in [5, 5.41) is 3.58. The zero-order chi connectivity index (χ0) is 13.4.